The third-order valence-corrected chi connectivity index (χ3v) is 4.15. The molecule has 1 aromatic rings. The topological polar surface area (TPSA) is 88.7 Å². The molecule has 1 N–H and O–H groups in total. The highest BCUT2D eigenvalue weighted by Gasteiger charge is 2.34. The van der Waals surface area contributed by atoms with Crippen LogP contribution in [0, 0.1) is 5.92 Å². The predicted octanol–water partition coefficient (Wildman–Crippen LogP) is 1.04. The van der Waals surface area contributed by atoms with Crippen LogP contribution in [0.15, 0.2) is 4.52 Å². The van der Waals surface area contributed by atoms with Gasteiger partial charge in [-0.1, -0.05) is 5.16 Å². The van der Waals surface area contributed by atoms with Crippen molar-refractivity contribution in [3.8, 4) is 0 Å². The summed E-state index contributed by atoms with van der Waals surface area (Å²) in [6.07, 6.45) is 1.91. The zero-order valence-electron chi connectivity index (χ0n) is 11.5. The molecule has 0 bridgehead atoms. The number of aliphatic carboxylic acids is 1. The molecule has 3 rings (SSSR count). The molecular weight excluding hydrogens is 262 g/mol. The van der Waals surface area contributed by atoms with Gasteiger partial charge in [0.25, 0.3) is 0 Å². The number of hydrogen-bond donors (Lipinski definition) is 1. The number of carboxylic acids is 1. The summed E-state index contributed by atoms with van der Waals surface area (Å²) in [6.45, 7) is 2.32. The van der Waals surface area contributed by atoms with E-state index in [-0.39, 0.29) is 17.9 Å². The molecule has 0 spiro atoms. The van der Waals surface area contributed by atoms with Gasteiger partial charge >= 0.3 is 5.97 Å². The van der Waals surface area contributed by atoms with Crippen molar-refractivity contribution < 1.29 is 19.2 Å². The molecule has 1 saturated heterocycles. The van der Waals surface area contributed by atoms with Crippen molar-refractivity contribution in [3.05, 3.63) is 11.7 Å². The summed E-state index contributed by atoms with van der Waals surface area (Å²) in [6, 6.07) is 0. The maximum atomic E-state index is 11.0. The lowest BCUT2D eigenvalue weighted by atomic mass is 10.1. The molecule has 1 saturated carbocycles. The van der Waals surface area contributed by atoms with Crippen LogP contribution >= 0.6 is 0 Å². The minimum Gasteiger partial charge on any atom is -0.481 e. The van der Waals surface area contributed by atoms with Gasteiger partial charge in [-0.3, -0.25) is 4.79 Å². The molecule has 1 aromatic heterocycles. The Bertz CT molecular complexity index is 490. The smallest absolute Gasteiger partial charge is 0.306 e. The summed E-state index contributed by atoms with van der Waals surface area (Å²) in [4.78, 5) is 17.6. The predicted molar refractivity (Wildman–Crippen MR) is 68.2 cm³/mol. The number of morpholine rings is 1. The van der Waals surface area contributed by atoms with Gasteiger partial charge in [0.15, 0.2) is 0 Å². The Balaban J connectivity index is 1.66. The molecule has 1 aliphatic heterocycles. The van der Waals surface area contributed by atoms with E-state index >= 15 is 0 Å². The van der Waals surface area contributed by atoms with Gasteiger partial charge in [0, 0.05) is 19.0 Å². The summed E-state index contributed by atoms with van der Waals surface area (Å²) in [5, 5.41) is 13.0. The molecule has 3 atom stereocenters. The summed E-state index contributed by atoms with van der Waals surface area (Å²) in [5.74, 6) is 0.182. The van der Waals surface area contributed by atoms with Crippen molar-refractivity contribution in [2.24, 2.45) is 5.92 Å². The molecule has 1 aliphatic carbocycles. The third-order valence-electron chi connectivity index (χ3n) is 4.15. The molecule has 2 aliphatic rings. The van der Waals surface area contributed by atoms with Crippen molar-refractivity contribution >= 4 is 5.97 Å². The quantitative estimate of drug-likeness (QED) is 0.885. The van der Waals surface area contributed by atoms with Crippen molar-refractivity contribution in [1.29, 1.82) is 0 Å². The Morgan fingerprint density at radius 2 is 2.30 bits per heavy atom. The zero-order chi connectivity index (χ0) is 14.1. The minimum absolute atomic E-state index is 0.0682. The normalized spacial score (nSPS) is 31.6. The first-order valence-corrected chi connectivity index (χ1v) is 7.00. The minimum atomic E-state index is -0.732. The van der Waals surface area contributed by atoms with Crippen LogP contribution < -0.4 is 0 Å². The van der Waals surface area contributed by atoms with Crippen LogP contribution in [0.3, 0.4) is 0 Å². The first kappa shape index (κ1) is 13.5. The molecule has 7 heteroatoms. The van der Waals surface area contributed by atoms with Gasteiger partial charge < -0.3 is 19.3 Å². The fraction of sp³-hybridized carbons (Fsp3) is 0.769. The zero-order valence-corrected chi connectivity index (χ0v) is 11.5. The molecule has 0 radical (unpaired) electrons. The van der Waals surface area contributed by atoms with Crippen LogP contribution in [-0.4, -0.2) is 52.9 Å². The van der Waals surface area contributed by atoms with Crippen LogP contribution in [0.4, 0.5) is 0 Å². The molecule has 3 unspecified atom stereocenters. The Hall–Kier alpha value is -1.47. The Morgan fingerprint density at radius 3 is 3.00 bits per heavy atom. The van der Waals surface area contributed by atoms with Crippen LogP contribution in [0.25, 0.3) is 0 Å². The molecule has 2 heterocycles. The van der Waals surface area contributed by atoms with Crippen LogP contribution in [-0.2, 0) is 9.53 Å². The van der Waals surface area contributed by atoms with E-state index in [4.69, 9.17) is 14.4 Å². The lowest BCUT2D eigenvalue weighted by Crippen LogP contribution is -2.35. The monoisotopic (exact) mass is 281 g/mol. The SMILES string of the molecule is CN1CCOC(c2noc(C3CCC(C(=O)O)C3)n2)C1. The van der Waals surface area contributed by atoms with Crippen molar-refractivity contribution in [3.63, 3.8) is 0 Å². The summed E-state index contributed by atoms with van der Waals surface area (Å²) < 4.78 is 11.0. The second kappa shape index (κ2) is 5.49. The maximum absolute atomic E-state index is 11.0. The van der Waals surface area contributed by atoms with E-state index in [9.17, 15) is 4.79 Å². The average molecular weight is 281 g/mol. The lowest BCUT2D eigenvalue weighted by Gasteiger charge is -2.27. The van der Waals surface area contributed by atoms with Gasteiger partial charge in [0.2, 0.25) is 11.7 Å². The van der Waals surface area contributed by atoms with E-state index in [1.54, 1.807) is 0 Å². The fourth-order valence-electron chi connectivity index (χ4n) is 2.91. The lowest BCUT2D eigenvalue weighted by molar-refractivity contribution is -0.141. The van der Waals surface area contributed by atoms with Crippen LogP contribution in [0.1, 0.15) is 43.0 Å². The van der Waals surface area contributed by atoms with Crippen LogP contribution in [0.2, 0.25) is 0 Å². The Kier molecular flexibility index (Phi) is 3.71. The van der Waals surface area contributed by atoms with Crippen LogP contribution in [0.5, 0.6) is 0 Å². The van der Waals surface area contributed by atoms with Gasteiger partial charge in [-0.2, -0.15) is 4.98 Å². The first-order chi connectivity index (χ1) is 9.63. The third kappa shape index (κ3) is 2.69. The van der Waals surface area contributed by atoms with Gasteiger partial charge in [-0.05, 0) is 26.3 Å². The first-order valence-electron chi connectivity index (χ1n) is 7.00. The van der Waals surface area contributed by atoms with E-state index < -0.39 is 5.97 Å². The molecule has 7 nitrogen and oxygen atoms in total. The van der Waals surface area contributed by atoms with Gasteiger partial charge in [-0.15, -0.1) is 0 Å². The standard InChI is InChI=1S/C13H19N3O4/c1-16-4-5-19-10(7-16)11-14-12(20-15-11)8-2-3-9(6-8)13(17)18/h8-10H,2-7H2,1H3,(H,17,18). The van der Waals surface area contributed by atoms with E-state index in [0.29, 0.717) is 31.2 Å². The molecule has 110 valence electrons. The van der Waals surface area contributed by atoms with Gasteiger partial charge in [-0.25, -0.2) is 0 Å². The van der Waals surface area contributed by atoms with E-state index in [1.807, 2.05) is 7.05 Å². The van der Waals surface area contributed by atoms with Crippen molar-refractivity contribution in [2.75, 3.05) is 26.7 Å². The Labute approximate surface area is 116 Å². The number of ether oxygens (including phenoxy) is 1. The number of carboxylic acid groups (broad SMARTS) is 1. The number of hydrogen-bond acceptors (Lipinski definition) is 6. The van der Waals surface area contributed by atoms with Crippen molar-refractivity contribution in [2.45, 2.75) is 31.3 Å². The highest BCUT2D eigenvalue weighted by molar-refractivity contribution is 5.70. The average Bonchev–Trinajstić information content (AvgIpc) is 3.08. The largest absolute Gasteiger partial charge is 0.481 e. The number of nitrogens with zero attached hydrogens (tertiary/aromatic N) is 3. The highest BCUT2D eigenvalue weighted by atomic mass is 16.5. The molecule has 0 aromatic carbocycles. The highest BCUT2D eigenvalue weighted by Crippen LogP contribution is 2.38. The summed E-state index contributed by atoms with van der Waals surface area (Å²) in [5.41, 5.74) is 0. The maximum Gasteiger partial charge on any atom is 0.306 e. The number of rotatable bonds is 3. The summed E-state index contributed by atoms with van der Waals surface area (Å²) >= 11 is 0. The fourth-order valence-corrected chi connectivity index (χ4v) is 2.91. The number of likely N-dealkylation sites (N-methyl/N-ethyl adjacent to an activating group) is 1. The second-order valence-electron chi connectivity index (χ2n) is 5.66. The summed E-state index contributed by atoms with van der Waals surface area (Å²) in [7, 11) is 2.03. The van der Waals surface area contributed by atoms with Gasteiger partial charge in [0.05, 0.1) is 12.5 Å². The van der Waals surface area contributed by atoms with E-state index in [0.717, 1.165) is 19.5 Å². The number of carbonyl (C=O) groups is 1. The van der Waals surface area contributed by atoms with Gasteiger partial charge in [0.1, 0.15) is 6.10 Å². The van der Waals surface area contributed by atoms with E-state index in [2.05, 4.69) is 15.0 Å². The van der Waals surface area contributed by atoms with Crippen molar-refractivity contribution in [1.82, 2.24) is 15.0 Å². The Morgan fingerprint density at radius 1 is 1.45 bits per heavy atom. The molecular formula is C13H19N3O4. The number of aromatic nitrogens is 2. The molecule has 20 heavy (non-hydrogen) atoms. The van der Waals surface area contributed by atoms with E-state index in [1.165, 1.54) is 0 Å². The molecule has 2 fully saturated rings. The second-order valence-corrected chi connectivity index (χ2v) is 5.66. The molecule has 0 amide bonds.